The van der Waals surface area contributed by atoms with Crippen molar-refractivity contribution in [2.45, 2.75) is 38.8 Å². The van der Waals surface area contributed by atoms with E-state index in [1.165, 1.54) is 5.56 Å². The van der Waals surface area contributed by atoms with Gasteiger partial charge in [-0.1, -0.05) is 6.92 Å². The zero-order valence-corrected chi connectivity index (χ0v) is 10.3. The maximum atomic E-state index is 9.43. The van der Waals surface area contributed by atoms with Crippen LogP contribution in [0.15, 0.2) is 24.5 Å². The predicted molar refractivity (Wildman–Crippen MR) is 66.1 cm³/mol. The molecule has 0 aliphatic carbocycles. The van der Waals surface area contributed by atoms with Crippen molar-refractivity contribution < 1.29 is 5.11 Å². The van der Waals surface area contributed by atoms with Gasteiger partial charge in [-0.05, 0) is 50.6 Å². The van der Waals surface area contributed by atoms with Gasteiger partial charge >= 0.3 is 0 Å². The maximum Gasteiger partial charge on any atom is 0.0538 e. The molecule has 1 unspecified atom stereocenters. The third-order valence-electron chi connectivity index (χ3n) is 2.75. The lowest BCUT2D eigenvalue weighted by molar-refractivity contribution is 0.151. The van der Waals surface area contributed by atoms with Gasteiger partial charge in [-0.3, -0.25) is 4.98 Å². The lowest BCUT2D eigenvalue weighted by Crippen LogP contribution is -2.20. The van der Waals surface area contributed by atoms with Crippen LogP contribution in [-0.2, 0) is 6.54 Å². The minimum Gasteiger partial charge on any atom is -0.393 e. The van der Waals surface area contributed by atoms with Gasteiger partial charge in [0.25, 0.3) is 0 Å². The molecule has 0 aliphatic rings. The summed E-state index contributed by atoms with van der Waals surface area (Å²) in [6.07, 6.45) is 6.32. The van der Waals surface area contributed by atoms with Gasteiger partial charge in [0.1, 0.15) is 0 Å². The van der Waals surface area contributed by atoms with E-state index in [-0.39, 0.29) is 6.10 Å². The molecule has 0 spiro atoms. The Kier molecular flexibility index (Phi) is 6.04. The first-order chi connectivity index (χ1) is 7.72. The summed E-state index contributed by atoms with van der Waals surface area (Å²) in [4.78, 5) is 6.27. The van der Waals surface area contributed by atoms with Crippen LogP contribution < -0.4 is 0 Å². The van der Waals surface area contributed by atoms with Crippen LogP contribution in [0.3, 0.4) is 0 Å². The summed E-state index contributed by atoms with van der Waals surface area (Å²) in [5.41, 5.74) is 1.29. The summed E-state index contributed by atoms with van der Waals surface area (Å²) in [5, 5.41) is 9.43. The molecule has 0 aliphatic heterocycles. The van der Waals surface area contributed by atoms with Crippen LogP contribution in [0.2, 0.25) is 0 Å². The van der Waals surface area contributed by atoms with E-state index in [2.05, 4.69) is 16.9 Å². The Morgan fingerprint density at radius 2 is 2.06 bits per heavy atom. The van der Waals surface area contributed by atoms with Gasteiger partial charge in [-0.25, -0.2) is 0 Å². The molecule has 16 heavy (non-hydrogen) atoms. The Labute approximate surface area is 98.1 Å². The number of nitrogens with zero attached hydrogens (tertiary/aromatic N) is 2. The number of aromatic nitrogens is 1. The molecule has 1 aromatic rings. The van der Waals surface area contributed by atoms with Gasteiger partial charge in [-0.15, -0.1) is 0 Å². The molecule has 0 saturated heterocycles. The highest BCUT2D eigenvalue weighted by atomic mass is 16.3. The van der Waals surface area contributed by atoms with Gasteiger partial charge in [0.2, 0.25) is 0 Å². The number of aliphatic hydroxyl groups is 1. The molecule has 3 nitrogen and oxygen atoms in total. The van der Waals surface area contributed by atoms with E-state index < -0.39 is 0 Å². The second-order valence-corrected chi connectivity index (χ2v) is 4.30. The first-order valence-electron chi connectivity index (χ1n) is 5.98. The SMILES string of the molecule is CCC(O)CCCN(C)Cc1ccncc1. The van der Waals surface area contributed by atoms with Crippen molar-refractivity contribution in [1.82, 2.24) is 9.88 Å². The monoisotopic (exact) mass is 222 g/mol. The molecule has 1 N–H and O–H groups in total. The van der Waals surface area contributed by atoms with Crippen molar-refractivity contribution >= 4 is 0 Å². The van der Waals surface area contributed by atoms with E-state index >= 15 is 0 Å². The minimum absolute atomic E-state index is 0.130. The fourth-order valence-electron chi connectivity index (χ4n) is 1.68. The maximum absolute atomic E-state index is 9.43. The molecular formula is C13H22N2O. The van der Waals surface area contributed by atoms with Crippen LogP contribution >= 0.6 is 0 Å². The fraction of sp³-hybridized carbons (Fsp3) is 0.615. The molecule has 0 amide bonds. The number of hydrogen-bond donors (Lipinski definition) is 1. The second-order valence-electron chi connectivity index (χ2n) is 4.30. The zero-order chi connectivity index (χ0) is 11.8. The van der Waals surface area contributed by atoms with Crippen LogP contribution in [0, 0.1) is 0 Å². The molecule has 0 bridgehead atoms. The molecule has 0 aromatic carbocycles. The standard InChI is InChI=1S/C13H22N2O/c1-3-13(16)5-4-10-15(2)11-12-6-8-14-9-7-12/h6-9,13,16H,3-5,10-11H2,1-2H3. The van der Waals surface area contributed by atoms with E-state index in [1.54, 1.807) is 0 Å². The summed E-state index contributed by atoms with van der Waals surface area (Å²) in [6, 6.07) is 4.08. The summed E-state index contributed by atoms with van der Waals surface area (Å²) in [5.74, 6) is 0. The minimum atomic E-state index is -0.130. The van der Waals surface area contributed by atoms with Crippen molar-refractivity contribution in [2.75, 3.05) is 13.6 Å². The smallest absolute Gasteiger partial charge is 0.0538 e. The van der Waals surface area contributed by atoms with Gasteiger partial charge in [0, 0.05) is 18.9 Å². The molecular weight excluding hydrogens is 200 g/mol. The van der Waals surface area contributed by atoms with Crippen LogP contribution in [0.1, 0.15) is 31.7 Å². The van der Waals surface area contributed by atoms with Crippen molar-refractivity contribution in [1.29, 1.82) is 0 Å². The molecule has 90 valence electrons. The first kappa shape index (κ1) is 13.1. The number of aliphatic hydroxyl groups excluding tert-OH is 1. The molecule has 1 aromatic heterocycles. The lowest BCUT2D eigenvalue weighted by Gasteiger charge is -2.17. The molecule has 1 heterocycles. The summed E-state index contributed by atoms with van der Waals surface area (Å²) >= 11 is 0. The number of pyridine rings is 1. The quantitative estimate of drug-likeness (QED) is 0.767. The van der Waals surface area contributed by atoms with Gasteiger partial charge < -0.3 is 10.0 Å². The molecule has 1 rings (SSSR count). The summed E-state index contributed by atoms with van der Waals surface area (Å²) in [6.45, 7) is 4.00. The molecule has 0 saturated carbocycles. The molecule has 3 heteroatoms. The van der Waals surface area contributed by atoms with Crippen LogP contribution in [0.25, 0.3) is 0 Å². The highest BCUT2D eigenvalue weighted by Gasteiger charge is 2.03. The highest BCUT2D eigenvalue weighted by molar-refractivity contribution is 5.09. The van der Waals surface area contributed by atoms with Crippen LogP contribution in [0.5, 0.6) is 0 Å². The number of hydrogen-bond acceptors (Lipinski definition) is 3. The Hall–Kier alpha value is -0.930. The Balaban J connectivity index is 2.19. The van der Waals surface area contributed by atoms with Crippen LogP contribution in [0.4, 0.5) is 0 Å². The Bertz CT molecular complexity index is 277. The van der Waals surface area contributed by atoms with E-state index in [0.717, 1.165) is 32.4 Å². The predicted octanol–water partition coefficient (Wildman–Crippen LogP) is 2.06. The Morgan fingerprint density at radius 1 is 1.38 bits per heavy atom. The van der Waals surface area contributed by atoms with Gasteiger partial charge in [0.05, 0.1) is 6.10 Å². The molecule has 0 fully saturated rings. The average molecular weight is 222 g/mol. The second kappa shape index (κ2) is 7.36. The fourth-order valence-corrected chi connectivity index (χ4v) is 1.68. The Morgan fingerprint density at radius 3 is 2.69 bits per heavy atom. The summed E-state index contributed by atoms with van der Waals surface area (Å²) in [7, 11) is 2.11. The third kappa shape index (κ3) is 5.24. The van der Waals surface area contributed by atoms with Gasteiger partial charge in [0.15, 0.2) is 0 Å². The van der Waals surface area contributed by atoms with E-state index in [1.807, 2.05) is 31.5 Å². The van der Waals surface area contributed by atoms with E-state index in [9.17, 15) is 5.11 Å². The van der Waals surface area contributed by atoms with Gasteiger partial charge in [-0.2, -0.15) is 0 Å². The van der Waals surface area contributed by atoms with E-state index in [4.69, 9.17) is 0 Å². The zero-order valence-electron chi connectivity index (χ0n) is 10.3. The largest absolute Gasteiger partial charge is 0.393 e. The van der Waals surface area contributed by atoms with E-state index in [0.29, 0.717) is 0 Å². The normalized spacial score (nSPS) is 13.0. The van der Waals surface area contributed by atoms with Crippen molar-refractivity contribution in [3.8, 4) is 0 Å². The topological polar surface area (TPSA) is 36.4 Å². The van der Waals surface area contributed by atoms with Crippen molar-refractivity contribution in [3.63, 3.8) is 0 Å². The van der Waals surface area contributed by atoms with Crippen molar-refractivity contribution in [2.24, 2.45) is 0 Å². The summed E-state index contributed by atoms with van der Waals surface area (Å²) < 4.78 is 0. The molecule has 1 atom stereocenters. The number of rotatable bonds is 7. The lowest BCUT2D eigenvalue weighted by atomic mass is 10.1. The van der Waals surface area contributed by atoms with Crippen LogP contribution in [-0.4, -0.2) is 34.7 Å². The average Bonchev–Trinajstić information content (AvgIpc) is 2.30. The van der Waals surface area contributed by atoms with Crippen molar-refractivity contribution in [3.05, 3.63) is 30.1 Å². The highest BCUT2D eigenvalue weighted by Crippen LogP contribution is 2.05. The molecule has 0 radical (unpaired) electrons. The third-order valence-corrected chi connectivity index (χ3v) is 2.75. The first-order valence-corrected chi connectivity index (χ1v) is 5.98.